The lowest BCUT2D eigenvalue weighted by atomic mass is 10.3. The number of imidazole rings is 2. The van der Waals surface area contributed by atoms with E-state index in [4.69, 9.17) is 11.6 Å². The Kier molecular flexibility index (Phi) is 3.72. The van der Waals surface area contributed by atoms with Gasteiger partial charge in [-0.2, -0.15) is 0 Å². The van der Waals surface area contributed by atoms with Crippen LogP contribution in [0.25, 0.3) is 11.0 Å². The minimum atomic E-state index is -0.139. The van der Waals surface area contributed by atoms with Gasteiger partial charge < -0.3 is 9.13 Å². The van der Waals surface area contributed by atoms with Gasteiger partial charge in [-0.25, -0.2) is 9.97 Å². The lowest BCUT2D eigenvalue weighted by molar-refractivity contribution is 0.677. The third-order valence-electron chi connectivity index (χ3n) is 3.32. The van der Waals surface area contributed by atoms with Crippen molar-refractivity contribution in [3.63, 3.8) is 0 Å². The molecule has 2 aromatic heterocycles. The molecule has 0 N–H and O–H groups in total. The van der Waals surface area contributed by atoms with Gasteiger partial charge in [0.25, 0.3) is 0 Å². The van der Waals surface area contributed by atoms with Crippen LogP contribution in [0.5, 0.6) is 0 Å². The van der Waals surface area contributed by atoms with Crippen molar-refractivity contribution in [3.8, 4) is 0 Å². The van der Waals surface area contributed by atoms with E-state index in [1.165, 1.54) is 3.57 Å². The number of rotatable bonds is 3. The molecule has 1 aromatic carbocycles. The van der Waals surface area contributed by atoms with Crippen molar-refractivity contribution in [1.82, 2.24) is 19.1 Å². The molecule has 0 aliphatic heterocycles. The number of hydrogen-bond acceptors (Lipinski definition) is 2. The van der Waals surface area contributed by atoms with Crippen molar-refractivity contribution < 1.29 is 0 Å². The van der Waals surface area contributed by atoms with Crippen molar-refractivity contribution in [2.24, 2.45) is 7.05 Å². The normalized spacial score (nSPS) is 13.0. The van der Waals surface area contributed by atoms with Crippen LogP contribution >= 0.6 is 34.2 Å². The predicted octanol–water partition coefficient (Wildman–Crippen LogP) is 3.72. The van der Waals surface area contributed by atoms with Crippen LogP contribution in [0, 0.1) is 3.57 Å². The molecule has 0 bridgehead atoms. The quantitative estimate of drug-likeness (QED) is 0.496. The maximum Gasteiger partial charge on any atom is 0.128 e. The summed E-state index contributed by atoms with van der Waals surface area (Å²) in [4.78, 5) is 9.06. The first kappa shape index (κ1) is 13.9. The van der Waals surface area contributed by atoms with Crippen LogP contribution in [0.1, 0.15) is 23.9 Å². The number of aromatic nitrogens is 4. The van der Waals surface area contributed by atoms with E-state index in [1.807, 2.05) is 24.7 Å². The molecule has 3 aromatic rings. The molecular formula is C14H14ClIN4. The first-order valence-electron chi connectivity index (χ1n) is 6.32. The van der Waals surface area contributed by atoms with Crippen molar-refractivity contribution >= 4 is 45.2 Å². The molecule has 3 rings (SSSR count). The number of alkyl halides is 1. The molecule has 0 saturated heterocycles. The Morgan fingerprint density at radius 3 is 2.85 bits per heavy atom. The summed E-state index contributed by atoms with van der Waals surface area (Å²) in [6.45, 7) is 2.62. The van der Waals surface area contributed by atoms with E-state index in [-0.39, 0.29) is 5.38 Å². The summed E-state index contributed by atoms with van der Waals surface area (Å²) in [7, 11) is 1.99. The Bertz CT molecular complexity index is 760. The van der Waals surface area contributed by atoms with E-state index in [0.717, 1.165) is 22.7 Å². The molecule has 0 spiro atoms. The lowest BCUT2D eigenvalue weighted by Crippen LogP contribution is -2.09. The number of halogens is 2. The van der Waals surface area contributed by atoms with Gasteiger partial charge in [-0.15, -0.1) is 11.6 Å². The third-order valence-corrected chi connectivity index (χ3v) is 4.18. The maximum atomic E-state index is 6.29. The Balaban J connectivity index is 2.16. The number of fused-ring (bicyclic) bond motifs is 1. The molecule has 0 fully saturated rings. The molecule has 0 aliphatic carbocycles. The molecular weight excluding hydrogens is 387 g/mol. The van der Waals surface area contributed by atoms with E-state index < -0.39 is 0 Å². The first-order chi connectivity index (χ1) is 9.56. The van der Waals surface area contributed by atoms with E-state index >= 15 is 0 Å². The fraction of sp³-hybridized carbons (Fsp3) is 0.286. The van der Waals surface area contributed by atoms with Crippen LogP contribution in [0.3, 0.4) is 0 Å². The zero-order chi connectivity index (χ0) is 14.3. The molecule has 0 aliphatic rings. The highest BCUT2D eigenvalue weighted by molar-refractivity contribution is 14.1. The van der Waals surface area contributed by atoms with Gasteiger partial charge in [0, 0.05) is 23.0 Å². The van der Waals surface area contributed by atoms with Gasteiger partial charge in [-0.3, -0.25) is 0 Å². The summed E-state index contributed by atoms with van der Waals surface area (Å²) in [5.74, 6) is 1.87. The zero-order valence-corrected chi connectivity index (χ0v) is 14.1. The zero-order valence-electron chi connectivity index (χ0n) is 11.2. The SMILES string of the molecule is CC(Cl)c1nc2cc(I)ccc2n1Cc1nccn1C. The Hall–Kier alpha value is -1.08. The number of benzene rings is 1. The average Bonchev–Trinajstić information content (AvgIpc) is 2.95. The van der Waals surface area contributed by atoms with Crippen LogP contribution in [-0.2, 0) is 13.6 Å². The largest absolute Gasteiger partial charge is 0.337 e. The molecule has 1 atom stereocenters. The van der Waals surface area contributed by atoms with Gasteiger partial charge in [-0.1, -0.05) is 0 Å². The summed E-state index contributed by atoms with van der Waals surface area (Å²) in [5, 5.41) is -0.139. The standard InChI is InChI=1S/C14H14ClIN4/c1-9(15)14-18-11-7-10(16)3-4-12(11)20(14)8-13-17-5-6-19(13)2/h3-7,9H,8H2,1-2H3. The average molecular weight is 401 g/mol. The van der Waals surface area contributed by atoms with E-state index in [9.17, 15) is 0 Å². The van der Waals surface area contributed by atoms with Gasteiger partial charge in [0.1, 0.15) is 11.6 Å². The molecule has 0 amide bonds. The molecule has 104 valence electrons. The maximum absolute atomic E-state index is 6.29. The summed E-state index contributed by atoms with van der Waals surface area (Å²) in [5.41, 5.74) is 2.07. The van der Waals surface area contributed by atoms with Gasteiger partial charge >= 0.3 is 0 Å². The monoisotopic (exact) mass is 400 g/mol. The second-order valence-corrected chi connectivity index (χ2v) is 6.66. The summed E-state index contributed by atoms with van der Waals surface area (Å²) in [6.07, 6.45) is 3.75. The lowest BCUT2D eigenvalue weighted by Gasteiger charge is -2.10. The van der Waals surface area contributed by atoms with Crippen LogP contribution in [0.4, 0.5) is 0 Å². The van der Waals surface area contributed by atoms with E-state index in [0.29, 0.717) is 6.54 Å². The van der Waals surface area contributed by atoms with Crippen LogP contribution in [0.2, 0.25) is 0 Å². The second kappa shape index (κ2) is 5.37. The van der Waals surface area contributed by atoms with Gasteiger partial charge in [-0.05, 0) is 47.7 Å². The first-order valence-corrected chi connectivity index (χ1v) is 7.83. The highest BCUT2D eigenvalue weighted by Crippen LogP contribution is 2.26. The van der Waals surface area contributed by atoms with Gasteiger partial charge in [0.05, 0.1) is 23.0 Å². The topological polar surface area (TPSA) is 35.6 Å². The molecule has 4 nitrogen and oxygen atoms in total. The molecule has 20 heavy (non-hydrogen) atoms. The van der Waals surface area contributed by atoms with Gasteiger partial charge in [0.15, 0.2) is 0 Å². The summed E-state index contributed by atoms with van der Waals surface area (Å²) < 4.78 is 5.33. The Labute approximate surface area is 135 Å². The summed E-state index contributed by atoms with van der Waals surface area (Å²) >= 11 is 8.58. The Morgan fingerprint density at radius 1 is 1.40 bits per heavy atom. The molecule has 0 radical (unpaired) electrons. The minimum absolute atomic E-state index is 0.139. The molecule has 6 heteroatoms. The molecule has 2 heterocycles. The van der Waals surface area contributed by atoms with Crippen molar-refractivity contribution in [1.29, 1.82) is 0 Å². The predicted molar refractivity (Wildman–Crippen MR) is 89.0 cm³/mol. The summed E-state index contributed by atoms with van der Waals surface area (Å²) in [6, 6.07) is 6.26. The molecule has 0 saturated carbocycles. The number of aryl methyl sites for hydroxylation is 1. The van der Waals surface area contributed by atoms with Crippen molar-refractivity contribution in [2.75, 3.05) is 0 Å². The number of hydrogen-bond donors (Lipinski definition) is 0. The van der Waals surface area contributed by atoms with Crippen LogP contribution in [0.15, 0.2) is 30.6 Å². The Morgan fingerprint density at radius 2 is 2.20 bits per heavy atom. The van der Waals surface area contributed by atoms with Crippen LogP contribution < -0.4 is 0 Å². The highest BCUT2D eigenvalue weighted by Gasteiger charge is 2.16. The third kappa shape index (κ3) is 2.44. The number of nitrogens with zero attached hydrogens (tertiary/aromatic N) is 4. The van der Waals surface area contributed by atoms with Crippen LogP contribution in [-0.4, -0.2) is 19.1 Å². The van der Waals surface area contributed by atoms with Crippen molar-refractivity contribution in [2.45, 2.75) is 18.8 Å². The second-order valence-electron chi connectivity index (χ2n) is 4.76. The smallest absolute Gasteiger partial charge is 0.128 e. The van der Waals surface area contributed by atoms with Gasteiger partial charge in [0.2, 0.25) is 0 Å². The fourth-order valence-electron chi connectivity index (χ4n) is 2.28. The highest BCUT2D eigenvalue weighted by atomic mass is 127. The minimum Gasteiger partial charge on any atom is -0.337 e. The van der Waals surface area contributed by atoms with E-state index in [2.05, 4.69) is 55.3 Å². The van der Waals surface area contributed by atoms with Crippen molar-refractivity contribution in [3.05, 3.63) is 45.8 Å². The fourth-order valence-corrected chi connectivity index (χ4v) is 2.92. The van der Waals surface area contributed by atoms with E-state index in [1.54, 1.807) is 6.20 Å². The molecule has 1 unspecified atom stereocenters.